The van der Waals surface area contributed by atoms with Gasteiger partial charge >= 0.3 is 0 Å². The molecule has 0 aliphatic carbocycles. The molecule has 0 fully saturated rings. The number of hydrogen-bond acceptors (Lipinski definition) is 2. The number of hydrogen-bond donors (Lipinski definition) is 3. The van der Waals surface area contributed by atoms with Crippen LogP contribution < -0.4 is 10.6 Å². The van der Waals surface area contributed by atoms with Crippen molar-refractivity contribution in [2.24, 2.45) is 5.92 Å². The van der Waals surface area contributed by atoms with Crippen LogP contribution >= 0.6 is 0 Å². The Labute approximate surface area is 190 Å². The molecule has 0 aliphatic rings. The Morgan fingerprint density at radius 2 is 1.72 bits per heavy atom. The molecule has 3 N–H and O–H groups in total. The van der Waals surface area contributed by atoms with E-state index in [0.29, 0.717) is 18.0 Å². The van der Waals surface area contributed by atoms with Crippen LogP contribution in [0.2, 0.25) is 0 Å². The van der Waals surface area contributed by atoms with Gasteiger partial charge in [0.1, 0.15) is 0 Å². The minimum atomic E-state index is -0.0306. The summed E-state index contributed by atoms with van der Waals surface area (Å²) in [5, 5.41) is 8.97. The number of anilines is 1. The third-order valence-electron chi connectivity index (χ3n) is 5.69. The fourth-order valence-electron chi connectivity index (χ4n) is 4.28. The van der Waals surface area contributed by atoms with Crippen molar-refractivity contribution in [2.45, 2.75) is 39.8 Å². The number of H-pyrrole nitrogens is 1. The van der Waals surface area contributed by atoms with Gasteiger partial charge in [0.15, 0.2) is 0 Å². The monoisotopic (exact) mass is 425 g/mol. The second-order valence-electron chi connectivity index (χ2n) is 8.84. The number of fused-ring (bicyclic) bond motifs is 1. The predicted molar refractivity (Wildman–Crippen MR) is 134 cm³/mol. The van der Waals surface area contributed by atoms with Gasteiger partial charge in [-0.1, -0.05) is 56.3 Å². The molecule has 0 bridgehead atoms. The third kappa shape index (κ3) is 5.02. The Balaban J connectivity index is 1.72. The van der Waals surface area contributed by atoms with Crippen molar-refractivity contribution in [3.63, 3.8) is 0 Å². The lowest BCUT2D eigenvalue weighted by atomic mass is 9.93. The van der Waals surface area contributed by atoms with Gasteiger partial charge in [-0.3, -0.25) is 4.79 Å². The maximum Gasteiger partial charge on any atom is 0.252 e. The third-order valence-corrected chi connectivity index (χ3v) is 5.69. The van der Waals surface area contributed by atoms with Crippen LogP contribution in [-0.4, -0.2) is 16.9 Å². The molecule has 1 amide bonds. The molecular weight excluding hydrogens is 394 g/mol. The van der Waals surface area contributed by atoms with E-state index >= 15 is 0 Å². The summed E-state index contributed by atoms with van der Waals surface area (Å²) in [4.78, 5) is 16.5. The average molecular weight is 426 g/mol. The first-order valence-corrected chi connectivity index (χ1v) is 11.3. The molecule has 4 rings (SSSR count). The molecule has 0 spiro atoms. The summed E-state index contributed by atoms with van der Waals surface area (Å²) in [6.45, 7) is 7.12. The van der Waals surface area contributed by atoms with Gasteiger partial charge in [-0.15, -0.1) is 0 Å². The molecule has 1 aromatic heterocycles. The molecule has 4 nitrogen and oxygen atoms in total. The van der Waals surface area contributed by atoms with E-state index in [9.17, 15) is 4.79 Å². The van der Waals surface area contributed by atoms with Crippen LogP contribution in [0, 0.1) is 5.92 Å². The molecule has 1 unspecified atom stereocenters. The van der Waals surface area contributed by atoms with Crippen LogP contribution in [0.5, 0.6) is 0 Å². The normalized spacial score (nSPS) is 12.1. The number of aromatic amines is 1. The van der Waals surface area contributed by atoms with Crippen molar-refractivity contribution >= 4 is 22.4 Å². The van der Waals surface area contributed by atoms with Crippen LogP contribution in [0.25, 0.3) is 21.9 Å². The SMILES string of the molecule is CC(C)CC(C)NC(=O)c1ccc(NCc2ccc[nH]2)cc1-c1cccc2ccccc12. The van der Waals surface area contributed by atoms with E-state index in [1.165, 1.54) is 0 Å². The molecule has 0 saturated carbocycles. The van der Waals surface area contributed by atoms with Crippen LogP contribution in [-0.2, 0) is 6.54 Å². The van der Waals surface area contributed by atoms with Gasteiger partial charge in [0.05, 0.1) is 6.54 Å². The van der Waals surface area contributed by atoms with E-state index in [1.54, 1.807) is 0 Å². The van der Waals surface area contributed by atoms with E-state index < -0.39 is 0 Å². The largest absolute Gasteiger partial charge is 0.379 e. The molecule has 3 aromatic carbocycles. The van der Waals surface area contributed by atoms with Gasteiger partial charge in [-0.2, -0.15) is 0 Å². The van der Waals surface area contributed by atoms with Crippen molar-refractivity contribution in [1.29, 1.82) is 0 Å². The topological polar surface area (TPSA) is 56.9 Å². The van der Waals surface area contributed by atoms with Gasteiger partial charge in [0, 0.05) is 29.2 Å². The summed E-state index contributed by atoms with van der Waals surface area (Å²) in [6.07, 6.45) is 2.87. The highest BCUT2D eigenvalue weighted by atomic mass is 16.1. The van der Waals surface area contributed by atoms with E-state index in [0.717, 1.165) is 39.7 Å². The van der Waals surface area contributed by atoms with Gasteiger partial charge < -0.3 is 15.6 Å². The Bertz CT molecular complexity index is 1190. The number of aromatic nitrogens is 1. The highest BCUT2D eigenvalue weighted by Gasteiger charge is 2.18. The number of benzene rings is 3. The van der Waals surface area contributed by atoms with Crippen molar-refractivity contribution < 1.29 is 4.79 Å². The summed E-state index contributed by atoms with van der Waals surface area (Å²) >= 11 is 0. The van der Waals surface area contributed by atoms with Gasteiger partial charge in [-0.05, 0) is 71.5 Å². The molecule has 32 heavy (non-hydrogen) atoms. The van der Waals surface area contributed by atoms with Gasteiger partial charge in [0.25, 0.3) is 5.91 Å². The minimum absolute atomic E-state index is 0.0306. The predicted octanol–water partition coefficient (Wildman–Crippen LogP) is 6.61. The Hall–Kier alpha value is -3.53. The molecule has 4 aromatic rings. The summed E-state index contributed by atoms with van der Waals surface area (Å²) in [6, 6.07) is 24.7. The number of carbonyl (C=O) groups is 1. The first-order valence-electron chi connectivity index (χ1n) is 11.3. The molecule has 0 saturated heterocycles. The van der Waals surface area contributed by atoms with Crippen LogP contribution in [0.1, 0.15) is 43.2 Å². The highest BCUT2D eigenvalue weighted by Crippen LogP contribution is 2.33. The summed E-state index contributed by atoms with van der Waals surface area (Å²) < 4.78 is 0. The lowest BCUT2D eigenvalue weighted by molar-refractivity contribution is 0.0937. The zero-order valence-corrected chi connectivity index (χ0v) is 19.0. The molecular formula is C28H31N3O. The van der Waals surface area contributed by atoms with Crippen molar-refractivity contribution in [3.05, 3.63) is 90.3 Å². The minimum Gasteiger partial charge on any atom is -0.379 e. The van der Waals surface area contributed by atoms with Crippen molar-refractivity contribution in [3.8, 4) is 11.1 Å². The van der Waals surface area contributed by atoms with Gasteiger partial charge in [-0.25, -0.2) is 0 Å². The molecule has 0 aliphatic heterocycles. The summed E-state index contributed by atoms with van der Waals surface area (Å²) in [7, 11) is 0. The van der Waals surface area contributed by atoms with E-state index in [-0.39, 0.29) is 11.9 Å². The zero-order chi connectivity index (χ0) is 22.5. The maximum atomic E-state index is 13.3. The Morgan fingerprint density at radius 1 is 0.906 bits per heavy atom. The van der Waals surface area contributed by atoms with E-state index in [1.807, 2.05) is 36.5 Å². The number of nitrogens with one attached hydrogen (secondary N) is 3. The summed E-state index contributed by atoms with van der Waals surface area (Å²) in [5.74, 6) is 0.499. The maximum absolute atomic E-state index is 13.3. The molecule has 1 atom stereocenters. The van der Waals surface area contributed by atoms with Crippen LogP contribution in [0.15, 0.2) is 79.0 Å². The highest BCUT2D eigenvalue weighted by molar-refractivity contribution is 6.06. The quantitative estimate of drug-likeness (QED) is 0.297. The van der Waals surface area contributed by atoms with Crippen molar-refractivity contribution in [1.82, 2.24) is 10.3 Å². The zero-order valence-electron chi connectivity index (χ0n) is 19.0. The molecule has 164 valence electrons. The Kier molecular flexibility index (Phi) is 6.60. The van der Waals surface area contributed by atoms with E-state index in [4.69, 9.17) is 0 Å². The Morgan fingerprint density at radius 3 is 2.50 bits per heavy atom. The van der Waals surface area contributed by atoms with E-state index in [2.05, 4.69) is 78.9 Å². The molecule has 4 heteroatoms. The second-order valence-corrected chi connectivity index (χ2v) is 8.84. The molecule has 1 heterocycles. The second kappa shape index (κ2) is 9.73. The lowest BCUT2D eigenvalue weighted by Crippen LogP contribution is -2.33. The fraction of sp³-hybridized carbons (Fsp3) is 0.250. The first kappa shape index (κ1) is 21.7. The van der Waals surface area contributed by atoms with Crippen LogP contribution in [0.4, 0.5) is 5.69 Å². The smallest absolute Gasteiger partial charge is 0.252 e. The standard InChI is InChI=1S/C28H31N3O/c1-19(2)16-20(3)31-28(32)26-14-13-22(30-18-23-10-7-15-29-23)17-27(26)25-12-6-9-21-8-4-5-11-24(21)25/h4-15,17,19-20,29-30H,16,18H2,1-3H3,(H,31,32). The number of rotatable bonds is 8. The van der Waals surface area contributed by atoms with Crippen LogP contribution in [0.3, 0.4) is 0 Å². The summed E-state index contributed by atoms with van der Waals surface area (Å²) in [5.41, 5.74) is 4.79. The first-order chi connectivity index (χ1) is 15.5. The molecule has 0 radical (unpaired) electrons. The van der Waals surface area contributed by atoms with Gasteiger partial charge in [0.2, 0.25) is 0 Å². The van der Waals surface area contributed by atoms with Crippen molar-refractivity contribution in [2.75, 3.05) is 5.32 Å². The number of carbonyl (C=O) groups excluding carboxylic acids is 1. The number of amides is 1. The fourth-order valence-corrected chi connectivity index (χ4v) is 4.28. The lowest BCUT2D eigenvalue weighted by Gasteiger charge is -2.19. The average Bonchev–Trinajstić information content (AvgIpc) is 3.30.